The zero-order chi connectivity index (χ0) is 26.4. The molecule has 2 aromatic rings. The van der Waals surface area contributed by atoms with Gasteiger partial charge in [-0.15, -0.1) is 10.2 Å². The molecule has 200 valence electrons. The summed E-state index contributed by atoms with van der Waals surface area (Å²) in [6.45, 7) is 18.0. The molecule has 4 heterocycles. The standard InChI is InChI=1S/C28H41N7O2/c1-7-24(36)35-16-28(17-35)10-11-34(15-28)26-30-22-14-27(5,6)9-8-21(22)25(31-26)29-20(12-18(2)3)13-23-33-32-19(4)37-23/h7,18,20H,1,8-17H2,2-6H3,(H,29,30,31)/t20-/m0/s1. The van der Waals surface area contributed by atoms with E-state index in [1.165, 1.54) is 17.3 Å². The van der Waals surface area contributed by atoms with Gasteiger partial charge in [0.05, 0.1) is 5.69 Å². The smallest absolute Gasteiger partial charge is 0.245 e. The Morgan fingerprint density at radius 3 is 2.65 bits per heavy atom. The second-order valence-corrected chi connectivity index (χ2v) is 12.6. The summed E-state index contributed by atoms with van der Waals surface area (Å²) in [6.07, 6.45) is 7.14. The van der Waals surface area contributed by atoms with Crippen LogP contribution in [0.4, 0.5) is 11.8 Å². The zero-order valence-corrected chi connectivity index (χ0v) is 23.0. The number of hydrogen-bond donors (Lipinski definition) is 1. The molecule has 2 fully saturated rings. The average Bonchev–Trinajstić information content (AvgIpc) is 3.42. The zero-order valence-electron chi connectivity index (χ0n) is 23.0. The first-order valence-corrected chi connectivity index (χ1v) is 13.7. The van der Waals surface area contributed by atoms with Crippen molar-refractivity contribution in [2.24, 2.45) is 16.7 Å². The number of aromatic nitrogens is 4. The Hall–Kier alpha value is -2.97. The van der Waals surface area contributed by atoms with Crippen LogP contribution in [-0.2, 0) is 24.1 Å². The normalized spacial score (nSPS) is 20.6. The van der Waals surface area contributed by atoms with Crippen molar-refractivity contribution in [1.82, 2.24) is 25.1 Å². The highest BCUT2D eigenvalue weighted by Crippen LogP contribution is 2.42. The molecule has 37 heavy (non-hydrogen) atoms. The van der Waals surface area contributed by atoms with Gasteiger partial charge >= 0.3 is 0 Å². The Morgan fingerprint density at radius 1 is 1.19 bits per heavy atom. The summed E-state index contributed by atoms with van der Waals surface area (Å²) in [5.74, 6) is 3.54. The Morgan fingerprint density at radius 2 is 1.97 bits per heavy atom. The lowest BCUT2D eigenvalue weighted by Gasteiger charge is -2.47. The van der Waals surface area contributed by atoms with Gasteiger partial charge < -0.3 is 19.5 Å². The third-order valence-electron chi connectivity index (χ3n) is 8.12. The van der Waals surface area contributed by atoms with Crippen molar-refractivity contribution < 1.29 is 9.21 Å². The number of fused-ring (bicyclic) bond motifs is 1. The van der Waals surface area contributed by atoms with Crippen molar-refractivity contribution in [3.8, 4) is 0 Å². The monoisotopic (exact) mass is 507 g/mol. The molecule has 3 aliphatic rings. The first-order chi connectivity index (χ1) is 17.5. The maximum atomic E-state index is 12.0. The molecule has 1 atom stereocenters. The Bertz CT molecular complexity index is 1170. The van der Waals surface area contributed by atoms with Gasteiger partial charge in [-0.05, 0) is 49.5 Å². The van der Waals surface area contributed by atoms with Crippen molar-refractivity contribution in [3.05, 3.63) is 35.7 Å². The maximum Gasteiger partial charge on any atom is 0.245 e. The minimum Gasteiger partial charge on any atom is -0.426 e. The molecule has 5 rings (SSSR count). The van der Waals surface area contributed by atoms with E-state index in [4.69, 9.17) is 14.4 Å². The Labute approximate surface area is 220 Å². The number of carbonyl (C=O) groups is 1. The van der Waals surface area contributed by atoms with Crippen molar-refractivity contribution in [2.75, 3.05) is 36.4 Å². The van der Waals surface area contributed by atoms with Gasteiger partial charge in [-0.2, -0.15) is 4.98 Å². The summed E-state index contributed by atoms with van der Waals surface area (Å²) < 4.78 is 5.72. The third-order valence-corrected chi connectivity index (χ3v) is 8.12. The van der Waals surface area contributed by atoms with Crippen molar-refractivity contribution >= 4 is 17.7 Å². The van der Waals surface area contributed by atoms with Crippen LogP contribution in [0.25, 0.3) is 0 Å². The Balaban J connectivity index is 1.41. The van der Waals surface area contributed by atoms with E-state index in [0.29, 0.717) is 24.1 Å². The van der Waals surface area contributed by atoms with Crippen molar-refractivity contribution in [2.45, 2.75) is 79.2 Å². The molecule has 1 spiro atoms. The highest BCUT2D eigenvalue weighted by atomic mass is 16.4. The number of anilines is 2. The van der Waals surface area contributed by atoms with E-state index in [1.54, 1.807) is 0 Å². The number of hydrogen-bond acceptors (Lipinski definition) is 8. The summed E-state index contributed by atoms with van der Waals surface area (Å²) in [4.78, 5) is 26.5. The van der Waals surface area contributed by atoms with Crippen LogP contribution in [0.3, 0.4) is 0 Å². The van der Waals surface area contributed by atoms with Crippen LogP contribution >= 0.6 is 0 Å². The van der Waals surface area contributed by atoms with Gasteiger partial charge in [-0.1, -0.05) is 34.3 Å². The van der Waals surface area contributed by atoms with Crippen molar-refractivity contribution in [1.29, 1.82) is 0 Å². The van der Waals surface area contributed by atoms with Crippen LogP contribution in [0.2, 0.25) is 0 Å². The molecular formula is C28H41N7O2. The number of likely N-dealkylation sites (tertiary alicyclic amines) is 1. The van der Waals surface area contributed by atoms with E-state index >= 15 is 0 Å². The molecule has 0 bridgehead atoms. The van der Waals surface area contributed by atoms with E-state index in [1.807, 2.05) is 11.8 Å². The molecule has 0 unspecified atom stereocenters. The quantitative estimate of drug-likeness (QED) is 0.536. The summed E-state index contributed by atoms with van der Waals surface area (Å²) in [7, 11) is 0. The van der Waals surface area contributed by atoms with Gasteiger partial charge in [0.15, 0.2) is 0 Å². The maximum absolute atomic E-state index is 12.0. The number of amides is 1. The number of aryl methyl sites for hydroxylation is 1. The van der Waals surface area contributed by atoms with Gasteiger partial charge in [-0.3, -0.25) is 4.79 Å². The average molecular weight is 508 g/mol. The van der Waals surface area contributed by atoms with E-state index in [-0.39, 0.29) is 22.8 Å². The molecule has 0 aromatic carbocycles. The van der Waals surface area contributed by atoms with Gasteiger partial charge in [-0.25, -0.2) is 4.98 Å². The predicted molar refractivity (Wildman–Crippen MR) is 143 cm³/mol. The molecule has 0 radical (unpaired) electrons. The first kappa shape index (κ1) is 25.7. The molecule has 9 nitrogen and oxygen atoms in total. The molecule has 2 saturated heterocycles. The summed E-state index contributed by atoms with van der Waals surface area (Å²) >= 11 is 0. The largest absolute Gasteiger partial charge is 0.426 e. The first-order valence-electron chi connectivity index (χ1n) is 13.7. The molecular weight excluding hydrogens is 466 g/mol. The molecule has 9 heteroatoms. The van der Waals surface area contributed by atoms with Crippen LogP contribution in [0, 0.1) is 23.7 Å². The third kappa shape index (κ3) is 5.50. The van der Waals surface area contributed by atoms with E-state index in [9.17, 15) is 4.79 Å². The van der Waals surface area contributed by atoms with Crippen LogP contribution in [0.15, 0.2) is 17.1 Å². The minimum atomic E-state index is 0.0236. The second-order valence-electron chi connectivity index (χ2n) is 12.6. The predicted octanol–water partition coefficient (Wildman–Crippen LogP) is 3.98. The summed E-state index contributed by atoms with van der Waals surface area (Å²) in [5, 5.41) is 12.1. The lowest BCUT2D eigenvalue weighted by atomic mass is 9.76. The van der Waals surface area contributed by atoms with Crippen LogP contribution in [0.1, 0.15) is 70.0 Å². The van der Waals surface area contributed by atoms with Gasteiger partial charge in [0.1, 0.15) is 5.82 Å². The topological polar surface area (TPSA) is 100 Å². The summed E-state index contributed by atoms with van der Waals surface area (Å²) in [6, 6.07) is 0.136. The lowest BCUT2D eigenvalue weighted by molar-refractivity contribution is -0.136. The van der Waals surface area contributed by atoms with Crippen molar-refractivity contribution in [3.63, 3.8) is 0 Å². The van der Waals surface area contributed by atoms with E-state index in [0.717, 1.165) is 70.0 Å². The van der Waals surface area contributed by atoms with Gasteiger partial charge in [0.25, 0.3) is 0 Å². The molecule has 1 amide bonds. The molecule has 2 aliphatic heterocycles. The van der Waals surface area contributed by atoms with Crippen LogP contribution < -0.4 is 10.2 Å². The molecule has 1 N–H and O–H groups in total. The number of rotatable bonds is 8. The van der Waals surface area contributed by atoms with Crippen LogP contribution in [-0.4, -0.2) is 63.2 Å². The fourth-order valence-electron chi connectivity index (χ4n) is 6.19. The second kappa shape index (κ2) is 9.72. The van der Waals surface area contributed by atoms with E-state index < -0.39 is 0 Å². The fourth-order valence-corrected chi connectivity index (χ4v) is 6.19. The lowest BCUT2D eigenvalue weighted by Crippen LogP contribution is -2.59. The molecule has 1 aliphatic carbocycles. The number of nitrogens with one attached hydrogen (secondary N) is 1. The van der Waals surface area contributed by atoms with Crippen LogP contribution in [0.5, 0.6) is 0 Å². The molecule has 2 aromatic heterocycles. The minimum absolute atomic E-state index is 0.0236. The Kier molecular flexibility index (Phi) is 6.75. The number of nitrogens with zero attached hydrogens (tertiary/aromatic N) is 6. The van der Waals surface area contributed by atoms with Gasteiger partial charge in [0, 0.05) is 56.5 Å². The fraction of sp³-hybridized carbons (Fsp3) is 0.679. The summed E-state index contributed by atoms with van der Waals surface area (Å²) in [5.41, 5.74) is 2.78. The highest BCUT2D eigenvalue weighted by molar-refractivity contribution is 5.87. The molecule has 0 saturated carbocycles. The van der Waals surface area contributed by atoms with E-state index in [2.05, 4.69) is 54.7 Å². The SMILES string of the molecule is C=CC(=O)N1CC2(CCN(c3nc4c(c(N[C@H](Cc5nnc(C)o5)CC(C)C)n3)CCC(C)(C)C4)C2)C1. The van der Waals surface area contributed by atoms with Gasteiger partial charge in [0.2, 0.25) is 23.6 Å². The highest BCUT2D eigenvalue weighted by Gasteiger charge is 2.49. The number of carbonyl (C=O) groups excluding carboxylic acids is 1.